The highest BCUT2D eigenvalue weighted by Crippen LogP contribution is 2.09. The number of nitrogens with one attached hydrogen (secondary N) is 1. The number of aryl methyl sites for hydroxylation is 1. The maximum absolute atomic E-state index is 4.34. The molecule has 0 amide bonds. The third-order valence-corrected chi connectivity index (χ3v) is 3.71. The SMILES string of the molecule is Cc1cc(NCCN2CCN(C)CC2)n2ncnc2n1. The van der Waals surface area contributed by atoms with Crippen molar-refractivity contribution in [2.75, 3.05) is 51.6 Å². The van der Waals surface area contributed by atoms with Gasteiger partial charge in [0.2, 0.25) is 0 Å². The third kappa shape index (κ3) is 2.88. The Hall–Kier alpha value is -1.73. The first-order chi connectivity index (χ1) is 9.72. The van der Waals surface area contributed by atoms with Crippen LogP contribution in [0.25, 0.3) is 5.78 Å². The molecule has 2 aromatic rings. The van der Waals surface area contributed by atoms with Gasteiger partial charge in [0.1, 0.15) is 12.1 Å². The summed E-state index contributed by atoms with van der Waals surface area (Å²) >= 11 is 0. The second-order valence-electron chi connectivity index (χ2n) is 5.33. The van der Waals surface area contributed by atoms with Gasteiger partial charge in [0.05, 0.1) is 0 Å². The first-order valence-electron chi connectivity index (χ1n) is 7.04. The molecule has 7 heteroatoms. The molecule has 0 saturated carbocycles. The highest BCUT2D eigenvalue weighted by molar-refractivity contribution is 5.44. The van der Waals surface area contributed by atoms with Gasteiger partial charge in [-0.15, -0.1) is 0 Å². The summed E-state index contributed by atoms with van der Waals surface area (Å²) in [7, 11) is 2.18. The standard InChI is InChI=1S/C13H21N7/c1-11-9-12(20-13(17-11)15-10-16-20)14-3-4-19-7-5-18(2)6-8-19/h9-10,14H,3-8H2,1-2H3. The van der Waals surface area contributed by atoms with Crippen LogP contribution in [-0.2, 0) is 0 Å². The fourth-order valence-corrected chi connectivity index (χ4v) is 2.47. The monoisotopic (exact) mass is 275 g/mol. The van der Waals surface area contributed by atoms with E-state index in [4.69, 9.17) is 0 Å². The normalized spacial score (nSPS) is 17.7. The Bertz CT molecular complexity index is 571. The molecule has 1 saturated heterocycles. The Labute approximate surface area is 118 Å². The maximum Gasteiger partial charge on any atom is 0.254 e. The van der Waals surface area contributed by atoms with Crippen molar-refractivity contribution < 1.29 is 0 Å². The topological polar surface area (TPSA) is 61.6 Å². The summed E-state index contributed by atoms with van der Waals surface area (Å²) in [6, 6.07) is 2.01. The van der Waals surface area contributed by atoms with Crippen molar-refractivity contribution >= 4 is 11.6 Å². The summed E-state index contributed by atoms with van der Waals surface area (Å²) in [4.78, 5) is 13.3. The molecule has 1 aliphatic heterocycles. The fraction of sp³-hybridized carbons (Fsp3) is 0.615. The van der Waals surface area contributed by atoms with Crippen molar-refractivity contribution in [3.05, 3.63) is 18.1 Å². The van der Waals surface area contributed by atoms with E-state index in [1.807, 2.05) is 13.0 Å². The molecule has 0 spiro atoms. The van der Waals surface area contributed by atoms with E-state index in [0.717, 1.165) is 50.8 Å². The zero-order chi connectivity index (χ0) is 13.9. The van der Waals surface area contributed by atoms with Crippen LogP contribution in [0.1, 0.15) is 5.69 Å². The van der Waals surface area contributed by atoms with Gasteiger partial charge in [0.15, 0.2) is 0 Å². The van der Waals surface area contributed by atoms with Gasteiger partial charge in [0.25, 0.3) is 5.78 Å². The Morgan fingerprint density at radius 1 is 1.25 bits per heavy atom. The summed E-state index contributed by atoms with van der Waals surface area (Å²) in [6.45, 7) is 8.52. The molecule has 0 unspecified atom stereocenters. The third-order valence-electron chi connectivity index (χ3n) is 3.71. The molecule has 3 rings (SSSR count). The lowest BCUT2D eigenvalue weighted by atomic mass is 10.3. The molecule has 2 aromatic heterocycles. The van der Waals surface area contributed by atoms with Gasteiger partial charge in [-0.05, 0) is 14.0 Å². The van der Waals surface area contributed by atoms with Gasteiger partial charge in [-0.1, -0.05) is 0 Å². The Kier molecular flexibility index (Phi) is 3.79. The number of piperazine rings is 1. The molecule has 1 aliphatic rings. The predicted molar refractivity (Wildman–Crippen MR) is 77.9 cm³/mol. The molecule has 0 radical (unpaired) electrons. The summed E-state index contributed by atoms with van der Waals surface area (Å²) in [5, 5.41) is 7.63. The van der Waals surface area contributed by atoms with Crippen LogP contribution >= 0.6 is 0 Å². The van der Waals surface area contributed by atoms with E-state index in [-0.39, 0.29) is 0 Å². The largest absolute Gasteiger partial charge is 0.369 e. The fourth-order valence-electron chi connectivity index (χ4n) is 2.47. The minimum absolute atomic E-state index is 0.645. The molecule has 0 aromatic carbocycles. The van der Waals surface area contributed by atoms with Gasteiger partial charge < -0.3 is 10.2 Å². The van der Waals surface area contributed by atoms with Crippen LogP contribution in [0.15, 0.2) is 12.4 Å². The predicted octanol–water partition coefficient (Wildman–Crippen LogP) is 0.0920. The zero-order valence-electron chi connectivity index (χ0n) is 12.1. The summed E-state index contributed by atoms with van der Waals surface area (Å²) in [5.74, 6) is 1.60. The van der Waals surface area contributed by atoms with E-state index in [1.165, 1.54) is 6.33 Å². The number of rotatable bonds is 4. The average molecular weight is 275 g/mol. The summed E-state index contributed by atoms with van der Waals surface area (Å²) in [5.41, 5.74) is 0.951. The Morgan fingerprint density at radius 2 is 2.05 bits per heavy atom. The lowest BCUT2D eigenvalue weighted by molar-refractivity contribution is 0.158. The van der Waals surface area contributed by atoms with Gasteiger partial charge >= 0.3 is 0 Å². The lowest BCUT2D eigenvalue weighted by Gasteiger charge is -2.32. The molecular weight excluding hydrogens is 254 g/mol. The molecule has 1 N–H and O–H groups in total. The van der Waals surface area contributed by atoms with Crippen molar-refractivity contribution in [3.63, 3.8) is 0 Å². The van der Waals surface area contributed by atoms with Crippen molar-refractivity contribution in [1.82, 2.24) is 29.4 Å². The molecular formula is C13H21N7. The minimum Gasteiger partial charge on any atom is -0.369 e. The number of fused-ring (bicyclic) bond motifs is 1. The zero-order valence-corrected chi connectivity index (χ0v) is 12.1. The number of hydrogen-bond donors (Lipinski definition) is 1. The average Bonchev–Trinajstić information content (AvgIpc) is 2.89. The van der Waals surface area contributed by atoms with Crippen LogP contribution in [-0.4, -0.2) is 75.7 Å². The minimum atomic E-state index is 0.645. The van der Waals surface area contributed by atoms with Gasteiger partial charge in [-0.2, -0.15) is 14.6 Å². The Morgan fingerprint density at radius 3 is 2.85 bits per heavy atom. The van der Waals surface area contributed by atoms with Crippen LogP contribution in [0.4, 0.5) is 5.82 Å². The van der Waals surface area contributed by atoms with E-state index in [1.54, 1.807) is 4.52 Å². The van der Waals surface area contributed by atoms with Crippen molar-refractivity contribution in [2.45, 2.75) is 6.92 Å². The number of hydrogen-bond acceptors (Lipinski definition) is 6. The van der Waals surface area contributed by atoms with Crippen molar-refractivity contribution in [2.24, 2.45) is 0 Å². The molecule has 108 valence electrons. The van der Waals surface area contributed by atoms with Crippen LogP contribution in [0.3, 0.4) is 0 Å². The molecule has 1 fully saturated rings. The smallest absolute Gasteiger partial charge is 0.254 e. The van der Waals surface area contributed by atoms with Crippen LogP contribution in [0.2, 0.25) is 0 Å². The lowest BCUT2D eigenvalue weighted by Crippen LogP contribution is -2.45. The maximum atomic E-state index is 4.34. The molecule has 20 heavy (non-hydrogen) atoms. The van der Waals surface area contributed by atoms with Crippen LogP contribution in [0, 0.1) is 6.92 Å². The van der Waals surface area contributed by atoms with Gasteiger partial charge in [0, 0.05) is 51.0 Å². The van der Waals surface area contributed by atoms with Crippen LogP contribution < -0.4 is 5.32 Å². The van der Waals surface area contributed by atoms with Crippen molar-refractivity contribution in [3.8, 4) is 0 Å². The second kappa shape index (κ2) is 5.72. The van der Waals surface area contributed by atoms with E-state index < -0.39 is 0 Å². The first kappa shape index (κ1) is 13.3. The first-order valence-corrected chi connectivity index (χ1v) is 7.04. The second-order valence-corrected chi connectivity index (χ2v) is 5.33. The number of anilines is 1. The van der Waals surface area contributed by atoms with E-state index in [2.05, 4.69) is 37.2 Å². The van der Waals surface area contributed by atoms with E-state index in [9.17, 15) is 0 Å². The van der Waals surface area contributed by atoms with E-state index in [0.29, 0.717) is 5.78 Å². The quantitative estimate of drug-likeness (QED) is 0.853. The number of aromatic nitrogens is 4. The summed E-state index contributed by atoms with van der Waals surface area (Å²) < 4.78 is 1.75. The molecule has 7 nitrogen and oxygen atoms in total. The Balaban J connectivity index is 1.58. The number of likely N-dealkylation sites (N-methyl/N-ethyl adjacent to an activating group) is 1. The van der Waals surface area contributed by atoms with Gasteiger partial charge in [-0.3, -0.25) is 4.90 Å². The highest BCUT2D eigenvalue weighted by Gasteiger charge is 2.13. The number of nitrogens with zero attached hydrogens (tertiary/aromatic N) is 6. The van der Waals surface area contributed by atoms with E-state index >= 15 is 0 Å². The highest BCUT2D eigenvalue weighted by atomic mass is 15.4. The molecule has 3 heterocycles. The molecule has 0 atom stereocenters. The van der Waals surface area contributed by atoms with Crippen LogP contribution in [0.5, 0.6) is 0 Å². The molecule has 0 aliphatic carbocycles. The summed E-state index contributed by atoms with van der Waals surface area (Å²) in [6.07, 6.45) is 1.54. The van der Waals surface area contributed by atoms with Gasteiger partial charge in [-0.25, -0.2) is 4.98 Å². The van der Waals surface area contributed by atoms with Crippen molar-refractivity contribution in [1.29, 1.82) is 0 Å². The molecule has 0 bridgehead atoms.